The Balaban J connectivity index is 3.13. The highest BCUT2D eigenvalue weighted by molar-refractivity contribution is 4.81. The zero-order valence-corrected chi connectivity index (χ0v) is 19.2. The summed E-state index contributed by atoms with van der Waals surface area (Å²) < 4.78 is 0. The van der Waals surface area contributed by atoms with Crippen LogP contribution in [-0.2, 0) is 0 Å². The molecule has 0 amide bonds. The summed E-state index contributed by atoms with van der Waals surface area (Å²) in [6, 6.07) is 0. The molecule has 162 valence electrons. The van der Waals surface area contributed by atoms with Crippen LogP contribution in [0.4, 0.5) is 0 Å². The molecule has 27 heavy (non-hydrogen) atoms. The molecule has 0 rings (SSSR count). The van der Waals surface area contributed by atoms with Crippen LogP contribution in [0, 0.1) is 5.92 Å². The maximum atomic E-state index is 5.52. The summed E-state index contributed by atoms with van der Waals surface area (Å²) >= 11 is 0. The first-order valence-corrected chi connectivity index (χ1v) is 12.7. The first kappa shape index (κ1) is 26.7. The molecule has 0 heterocycles. The van der Waals surface area contributed by atoms with Crippen molar-refractivity contribution in [3.05, 3.63) is 12.2 Å². The smallest absolute Gasteiger partial charge is 0.00773 e. The van der Waals surface area contributed by atoms with Crippen LogP contribution in [0.2, 0.25) is 0 Å². The summed E-state index contributed by atoms with van der Waals surface area (Å²) in [5, 5.41) is 0. The lowest BCUT2D eigenvalue weighted by Crippen LogP contribution is -1.97. The Hall–Kier alpha value is -0.300. The molecule has 0 aromatic carbocycles. The minimum Gasteiger partial charge on any atom is -0.330 e. The van der Waals surface area contributed by atoms with Gasteiger partial charge in [-0.05, 0) is 44.6 Å². The fourth-order valence-electron chi connectivity index (χ4n) is 3.98. The third kappa shape index (κ3) is 21.9. The number of allylic oxidation sites excluding steroid dienone is 2. The molecule has 0 aliphatic heterocycles. The average molecular weight is 380 g/mol. The summed E-state index contributed by atoms with van der Waals surface area (Å²) in [4.78, 5) is 0. The minimum atomic E-state index is 0.868. The summed E-state index contributed by atoms with van der Waals surface area (Å²) in [6.07, 6.45) is 32.8. The van der Waals surface area contributed by atoms with Crippen LogP contribution in [0.25, 0.3) is 0 Å². The lowest BCUT2D eigenvalue weighted by Gasteiger charge is -2.11. The zero-order valence-electron chi connectivity index (χ0n) is 19.2. The number of unbranched alkanes of at least 4 members (excludes halogenated alkanes) is 15. The molecular weight excluding hydrogens is 326 g/mol. The van der Waals surface area contributed by atoms with Gasteiger partial charge in [0.15, 0.2) is 0 Å². The van der Waals surface area contributed by atoms with Gasteiger partial charge in [0.1, 0.15) is 0 Å². The van der Waals surface area contributed by atoms with Gasteiger partial charge in [0.25, 0.3) is 0 Å². The number of hydrogen-bond donors (Lipinski definition) is 1. The molecule has 2 N–H and O–H groups in total. The van der Waals surface area contributed by atoms with Crippen molar-refractivity contribution >= 4 is 0 Å². The second-order valence-electron chi connectivity index (χ2n) is 8.61. The molecule has 0 aromatic heterocycles. The van der Waals surface area contributed by atoms with E-state index in [-0.39, 0.29) is 0 Å². The predicted octanol–water partition coefficient (Wildman–Crippen LogP) is 8.96. The number of rotatable bonds is 22. The van der Waals surface area contributed by atoms with E-state index in [0.29, 0.717) is 0 Å². The van der Waals surface area contributed by atoms with E-state index < -0.39 is 0 Å². The van der Waals surface area contributed by atoms with Gasteiger partial charge in [0.05, 0.1) is 0 Å². The van der Waals surface area contributed by atoms with Gasteiger partial charge >= 0.3 is 0 Å². The average Bonchev–Trinajstić information content (AvgIpc) is 2.69. The second kappa shape index (κ2) is 23.7. The molecule has 0 aliphatic rings. The van der Waals surface area contributed by atoms with Crippen molar-refractivity contribution < 1.29 is 0 Å². The molecule has 0 saturated heterocycles. The molecule has 0 saturated carbocycles. The van der Waals surface area contributed by atoms with E-state index in [1.54, 1.807) is 0 Å². The van der Waals surface area contributed by atoms with Gasteiger partial charge in [0.2, 0.25) is 0 Å². The van der Waals surface area contributed by atoms with Gasteiger partial charge in [-0.25, -0.2) is 0 Å². The molecule has 0 atom stereocenters. The van der Waals surface area contributed by atoms with Gasteiger partial charge in [-0.1, -0.05) is 122 Å². The maximum Gasteiger partial charge on any atom is -0.00773 e. The molecule has 0 fully saturated rings. The molecular formula is C26H53N. The van der Waals surface area contributed by atoms with Crippen molar-refractivity contribution in [3.8, 4) is 0 Å². The minimum absolute atomic E-state index is 0.868. The molecule has 1 nitrogen and oxygen atoms in total. The van der Waals surface area contributed by atoms with Crippen LogP contribution in [-0.4, -0.2) is 6.54 Å². The normalized spacial score (nSPS) is 11.9. The standard InChI is InChI=1S/C26H53N/c1-3-26(4-2)24-22-20-18-16-14-12-10-8-6-5-7-9-11-13-15-17-19-21-23-25-27/h8,10,26H,3-7,9,11-25,27H2,1-2H3/b10-8-. The second-order valence-corrected chi connectivity index (χ2v) is 8.61. The molecule has 1 heteroatoms. The highest BCUT2D eigenvalue weighted by Gasteiger charge is 2.02. The fraction of sp³-hybridized carbons (Fsp3) is 0.923. The number of nitrogens with two attached hydrogens (primary N) is 1. The predicted molar refractivity (Wildman–Crippen MR) is 125 cm³/mol. The molecule has 0 aromatic rings. The molecule has 0 spiro atoms. The highest BCUT2D eigenvalue weighted by atomic mass is 14.5. The molecule has 0 bridgehead atoms. The Morgan fingerprint density at radius 1 is 0.519 bits per heavy atom. The summed E-state index contributed by atoms with van der Waals surface area (Å²) in [7, 11) is 0. The van der Waals surface area contributed by atoms with Crippen LogP contribution < -0.4 is 5.73 Å². The van der Waals surface area contributed by atoms with Crippen LogP contribution in [0.1, 0.15) is 142 Å². The van der Waals surface area contributed by atoms with Crippen LogP contribution in [0.15, 0.2) is 12.2 Å². The van der Waals surface area contributed by atoms with Crippen molar-refractivity contribution in [2.45, 2.75) is 142 Å². The highest BCUT2D eigenvalue weighted by Crippen LogP contribution is 2.17. The van der Waals surface area contributed by atoms with Gasteiger partial charge in [-0.2, -0.15) is 0 Å². The van der Waals surface area contributed by atoms with E-state index in [1.165, 1.54) is 128 Å². The van der Waals surface area contributed by atoms with Gasteiger partial charge in [0, 0.05) is 0 Å². The van der Waals surface area contributed by atoms with E-state index in [2.05, 4.69) is 26.0 Å². The van der Waals surface area contributed by atoms with Crippen LogP contribution >= 0.6 is 0 Å². The van der Waals surface area contributed by atoms with Crippen molar-refractivity contribution in [2.24, 2.45) is 11.7 Å². The first-order valence-electron chi connectivity index (χ1n) is 12.7. The fourth-order valence-corrected chi connectivity index (χ4v) is 3.98. The summed E-state index contributed by atoms with van der Waals surface area (Å²) in [6.45, 7) is 5.55. The summed E-state index contributed by atoms with van der Waals surface area (Å²) in [5.41, 5.74) is 5.52. The van der Waals surface area contributed by atoms with Crippen molar-refractivity contribution in [3.63, 3.8) is 0 Å². The molecule has 0 radical (unpaired) electrons. The molecule has 0 aliphatic carbocycles. The largest absolute Gasteiger partial charge is 0.330 e. The lowest BCUT2D eigenvalue weighted by atomic mass is 9.96. The maximum absolute atomic E-state index is 5.52. The Bertz CT molecular complexity index is 280. The lowest BCUT2D eigenvalue weighted by molar-refractivity contribution is 0.427. The van der Waals surface area contributed by atoms with Crippen LogP contribution in [0.3, 0.4) is 0 Å². The van der Waals surface area contributed by atoms with Crippen LogP contribution in [0.5, 0.6) is 0 Å². The SMILES string of the molecule is CCC(CC)CCCCCCC/C=C\CCCCCCCCCCCCN. The first-order chi connectivity index (χ1) is 13.3. The Labute approximate surface area is 173 Å². The van der Waals surface area contributed by atoms with E-state index in [9.17, 15) is 0 Å². The van der Waals surface area contributed by atoms with Crippen molar-refractivity contribution in [2.75, 3.05) is 6.54 Å². The molecule has 0 unspecified atom stereocenters. The van der Waals surface area contributed by atoms with E-state index in [0.717, 1.165) is 12.5 Å². The monoisotopic (exact) mass is 379 g/mol. The van der Waals surface area contributed by atoms with Gasteiger partial charge in [-0.15, -0.1) is 0 Å². The number of hydrogen-bond acceptors (Lipinski definition) is 1. The Morgan fingerprint density at radius 3 is 1.30 bits per heavy atom. The van der Waals surface area contributed by atoms with Gasteiger partial charge < -0.3 is 5.73 Å². The van der Waals surface area contributed by atoms with Crippen molar-refractivity contribution in [1.29, 1.82) is 0 Å². The summed E-state index contributed by atoms with van der Waals surface area (Å²) in [5.74, 6) is 0.986. The van der Waals surface area contributed by atoms with Gasteiger partial charge in [-0.3, -0.25) is 0 Å². The zero-order chi connectivity index (χ0) is 19.8. The Morgan fingerprint density at radius 2 is 0.889 bits per heavy atom. The third-order valence-corrected chi connectivity index (χ3v) is 6.13. The topological polar surface area (TPSA) is 26.0 Å². The van der Waals surface area contributed by atoms with E-state index in [4.69, 9.17) is 5.73 Å². The third-order valence-electron chi connectivity index (χ3n) is 6.13. The quantitative estimate of drug-likeness (QED) is 0.147. The Kier molecular flexibility index (Phi) is 23.5. The van der Waals surface area contributed by atoms with E-state index >= 15 is 0 Å². The van der Waals surface area contributed by atoms with E-state index in [1.807, 2.05) is 0 Å². The van der Waals surface area contributed by atoms with Crippen molar-refractivity contribution in [1.82, 2.24) is 0 Å².